The fourth-order valence-corrected chi connectivity index (χ4v) is 4.57. The summed E-state index contributed by atoms with van der Waals surface area (Å²) in [6.45, 7) is 4.14. The molecule has 5 rings (SSSR count). The first kappa shape index (κ1) is 25.0. The predicted octanol–water partition coefficient (Wildman–Crippen LogP) is 6.60. The molecule has 3 heterocycles. The number of amides is 1. The van der Waals surface area contributed by atoms with E-state index in [0.717, 1.165) is 46.1 Å². The maximum absolute atomic E-state index is 12.4. The molecule has 7 heteroatoms. The highest BCUT2D eigenvalue weighted by molar-refractivity contribution is 6.14. The highest BCUT2D eigenvalue weighted by Gasteiger charge is 2.17. The van der Waals surface area contributed by atoms with Crippen LogP contribution in [0.4, 0.5) is 5.69 Å². The molecule has 0 bridgehead atoms. The summed E-state index contributed by atoms with van der Waals surface area (Å²) in [5, 5.41) is 13.0. The second-order valence-electron chi connectivity index (χ2n) is 9.56. The van der Waals surface area contributed by atoms with Gasteiger partial charge in [-0.2, -0.15) is 0 Å². The van der Waals surface area contributed by atoms with Crippen molar-refractivity contribution in [2.75, 3.05) is 5.73 Å². The molecule has 5 N–H and O–H groups in total. The Morgan fingerprint density at radius 3 is 2.89 bits per heavy atom. The normalized spacial score (nSPS) is 15.2. The highest BCUT2D eigenvalue weighted by atomic mass is 16.3. The molecule has 0 saturated carbocycles. The number of anilines is 1. The summed E-state index contributed by atoms with van der Waals surface area (Å²) in [6.07, 6.45) is 13.7. The molecule has 1 aliphatic carbocycles. The molecule has 0 fully saturated rings. The zero-order valence-electron chi connectivity index (χ0n) is 21.5. The van der Waals surface area contributed by atoms with Crippen LogP contribution in [0.2, 0.25) is 0 Å². The SMILES string of the molecule is CCCCC(=O)NC1=CC(c2ccc(N)c(C(=N)c3cc4c(-c5ccoc5)cccc4[nH]3)n2)=C[C@@H](C)C=C1. The number of H-pyrrole nitrogens is 1. The van der Waals surface area contributed by atoms with Gasteiger partial charge < -0.3 is 20.5 Å². The number of nitrogens with one attached hydrogen (secondary N) is 3. The number of furan rings is 1. The summed E-state index contributed by atoms with van der Waals surface area (Å²) in [4.78, 5) is 20.5. The van der Waals surface area contributed by atoms with E-state index >= 15 is 0 Å². The Hall–Kier alpha value is -4.65. The number of pyridine rings is 1. The van der Waals surface area contributed by atoms with E-state index < -0.39 is 0 Å². The number of nitrogen functional groups attached to an aromatic ring is 1. The van der Waals surface area contributed by atoms with Crippen LogP contribution in [0.25, 0.3) is 27.6 Å². The third-order valence-corrected chi connectivity index (χ3v) is 6.60. The third kappa shape index (κ3) is 5.22. The zero-order valence-corrected chi connectivity index (χ0v) is 21.5. The summed E-state index contributed by atoms with van der Waals surface area (Å²) in [7, 11) is 0. The van der Waals surface area contributed by atoms with Gasteiger partial charge in [0.05, 0.1) is 29.6 Å². The van der Waals surface area contributed by atoms with Gasteiger partial charge in [0.1, 0.15) is 11.4 Å². The molecule has 0 radical (unpaired) electrons. The molecule has 0 unspecified atom stereocenters. The Balaban J connectivity index is 1.48. The number of hydrogen-bond acceptors (Lipinski definition) is 5. The molecule has 1 aliphatic rings. The number of aromatic nitrogens is 2. The van der Waals surface area contributed by atoms with Gasteiger partial charge in [-0.15, -0.1) is 0 Å². The maximum atomic E-state index is 12.4. The van der Waals surface area contributed by atoms with Crippen molar-refractivity contribution in [1.29, 1.82) is 5.41 Å². The molecule has 1 atom stereocenters. The Labute approximate surface area is 221 Å². The van der Waals surface area contributed by atoms with E-state index in [2.05, 4.69) is 30.2 Å². The minimum atomic E-state index is -0.00186. The number of unbranched alkanes of at least 4 members (excludes halogenated alkanes) is 1. The van der Waals surface area contributed by atoms with Crippen molar-refractivity contribution in [2.45, 2.75) is 33.1 Å². The summed E-state index contributed by atoms with van der Waals surface area (Å²) < 4.78 is 5.27. The lowest BCUT2D eigenvalue weighted by Gasteiger charge is -2.11. The van der Waals surface area contributed by atoms with Crippen molar-refractivity contribution in [1.82, 2.24) is 15.3 Å². The molecule has 3 aromatic heterocycles. The van der Waals surface area contributed by atoms with Gasteiger partial charge in [-0.25, -0.2) is 4.98 Å². The van der Waals surface area contributed by atoms with Crippen molar-refractivity contribution < 1.29 is 9.21 Å². The lowest BCUT2D eigenvalue weighted by atomic mass is 10.0. The van der Waals surface area contributed by atoms with E-state index in [0.29, 0.717) is 29.2 Å². The Morgan fingerprint density at radius 2 is 2.11 bits per heavy atom. The van der Waals surface area contributed by atoms with Crippen molar-refractivity contribution >= 4 is 33.8 Å². The molecule has 1 amide bonds. The fraction of sp³-hybridized carbons (Fsp3) is 0.194. The number of carbonyl (C=O) groups excluding carboxylic acids is 1. The summed E-state index contributed by atoms with van der Waals surface area (Å²) in [6, 6.07) is 13.5. The molecular formula is C31H31N5O2. The number of aromatic amines is 1. The molecular weight excluding hydrogens is 474 g/mol. The van der Waals surface area contributed by atoms with E-state index in [4.69, 9.17) is 20.5 Å². The first-order chi connectivity index (χ1) is 18.4. The molecule has 0 spiro atoms. The summed E-state index contributed by atoms with van der Waals surface area (Å²) in [5.74, 6) is 0.140. The Morgan fingerprint density at radius 1 is 1.24 bits per heavy atom. The largest absolute Gasteiger partial charge is 0.472 e. The maximum Gasteiger partial charge on any atom is 0.224 e. The van der Waals surface area contributed by atoms with Gasteiger partial charge in [0.2, 0.25) is 5.91 Å². The zero-order chi connectivity index (χ0) is 26.6. The van der Waals surface area contributed by atoms with Gasteiger partial charge in [0.15, 0.2) is 0 Å². The van der Waals surface area contributed by atoms with Crippen LogP contribution < -0.4 is 11.1 Å². The quantitative estimate of drug-likeness (QED) is 0.202. The van der Waals surface area contributed by atoms with Crippen LogP contribution in [0, 0.1) is 11.3 Å². The number of fused-ring (bicyclic) bond motifs is 1. The van der Waals surface area contributed by atoms with Gasteiger partial charge in [0.25, 0.3) is 0 Å². The predicted molar refractivity (Wildman–Crippen MR) is 153 cm³/mol. The van der Waals surface area contributed by atoms with Crippen LogP contribution in [-0.4, -0.2) is 21.6 Å². The lowest BCUT2D eigenvalue weighted by molar-refractivity contribution is -0.120. The Bertz CT molecular complexity index is 1590. The highest BCUT2D eigenvalue weighted by Crippen LogP contribution is 2.31. The number of allylic oxidation sites excluding steroid dienone is 5. The van der Waals surface area contributed by atoms with Crippen molar-refractivity contribution in [3.63, 3.8) is 0 Å². The minimum Gasteiger partial charge on any atom is -0.472 e. The number of rotatable bonds is 8. The van der Waals surface area contributed by atoms with E-state index in [9.17, 15) is 4.79 Å². The molecule has 1 aromatic carbocycles. The van der Waals surface area contributed by atoms with Gasteiger partial charge in [-0.3, -0.25) is 10.2 Å². The molecule has 4 aromatic rings. The fourth-order valence-electron chi connectivity index (χ4n) is 4.57. The van der Waals surface area contributed by atoms with Crippen molar-refractivity contribution in [3.05, 3.63) is 102 Å². The topological polar surface area (TPSA) is 121 Å². The van der Waals surface area contributed by atoms with E-state index in [1.807, 2.05) is 54.6 Å². The molecule has 0 saturated heterocycles. The second-order valence-corrected chi connectivity index (χ2v) is 9.56. The van der Waals surface area contributed by atoms with Crippen molar-refractivity contribution in [2.24, 2.45) is 5.92 Å². The average Bonchev–Trinajstić information content (AvgIpc) is 3.57. The smallest absolute Gasteiger partial charge is 0.224 e. The van der Waals surface area contributed by atoms with Crippen LogP contribution in [0.1, 0.15) is 50.2 Å². The number of benzene rings is 1. The average molecular weight is 506 g/mol. The van der Waals surface area contributed by atoms with Crippen LogP contribution in [-0.2, 0) is 4.79 Å². The van der Waals surface area contributed by atoms with Crippen LogP contribution in [0.3, 0.4) is 0 Å². The molecule has 192 valence electrons. The van der Waals surface area contributed by atoms with Gasteiger partial charge >= 0.3 is 0 Å². The standard InChI is InChI=1S/C31H31N5O2/c1-3-4-8-29(37)34-22-10-9-19(2)15-21(16-22)26-12-11-25(32)31(36-26)30(33)28-17-24-23(20-13-14-38-18-20)6-5-7-27(24)35-28/h5-7,9-19,33,35H,3-4,8,32H2,1-2H3,(H,34,37)/t19-/m0/s1. The molecule has 38 heavy (non-hydrogen) atoms. The second kappa shape index (κ2) is 10.8. The molecule has 7 nitrogen and oxygen atoms in total. The molecule has 0 aliphatic heterocycles. The van der Waals surface area contributed by atoms with E-state index in [1.165, 1.54) is 0 Å². The monoisotopic (exact) mass is 505 g/mol. The van der Waals surface area contributed by atoms with Gasteiger partial charge in [-0.1, -0.05) is 44.6 Å². The minimum absolute atomic E-state index is 0.00186. The summed E-state index contributed by atoms with van der Waals surface area (Å²) in [5.41, 5.74) is 13.1. The van der Waals surface area contributed by atoms with Crippen molar-refractivity contribution in [3.8, 4) is 11.1 Å². The number of nitrogens with two attached hydrogens (primary N) is 1. The first-order valence-corrected chi connectivity index (χ1v) is 12.8. The first-order valence-electron chi connectivity index (χ1n) is 12.8. The third-order valence-electron chi connectivity index (χ3n) is 6.60. The van der Waals surface area contributed by atoms with E-state index in [-0.39, 0.29) is 17.5 Å². The lowest BCUT2D eigenvalue weighted by Crippen LogP contribution is -2.21. The van der Waals surface area contributed by atoms with E-state index in [1.54, 1.807) is 18.6 Å². The van der Waals surface area contributed by atoms with Crippen LogP contribution in [0.5, 0.6) is 0 Å². The number of hydrogen-bond donors (Lipinski definition) is 4. The number of carbonyl (C=O) groups is 1. The summed E-state index contributed by atoms with van der Waals surface area (Å²) >= 11 is 0. The van der Waals surface area contributed by atoms with Gasteiger partial charge in [0, 0.05) is 28.6 Å². The Kier molecular flexibility index (Phi) is 7.09. The van der Waals surface area contributed by atoms with Crippen LogP contribution in [0.15, 0.2) is 89.4 Å². The van der Waals surface area contributed by atoms with Crippen LogP contribution >= 0.6 is 0 Å². The van der Waals surface area contributed by atoms with Gasteiger partial charge in [-0.05, 0) is 66.0 Å². The number of nitrogens with zero attached hydrogens (tertiary/aromatic N) is 1.